The van der Waals surface area contributed by atoms with Crippen molar-refractivity contribution in [3.05, 3.63) is 40.7 Å². The lowest BCUT2D eigenvalue weighted by atomic mass is 10.3. The van der Waals surface area contributed by atoms with E-state index in [-0.39, 0.29) is 0 Å². The molecule has 0 unspecified atom stereocenters. The van der Waals surface area contributed by atoms with Crippen molar-refractivity contribution in [3.63, 3.8) is 0 Å². The van der Waals surface area contributed by atoms with Gasteiger partial charge in [0.05, 0.1) is 29.9 Å². The van der Waals surface area contributed by atoms with Gasteiger partial charge in [0.2, 0.25) is 5.79 Å². The van der Waals surface area contributed by atoms with Gasteiger partial charge in [-0.25, -0.2) is 0 Å². The Labute approximate surface area is 108 Å². The number of furan rings is 1. The third kappa shape index (κ3) is 3.04. The summed E-state index contributed by atoms with van der Waals surface area (Å²) in [6.45, 7) is 3.27. The highest BCUT2D eigenvalue weighted by Gasteiger charge is 2.34. The Morgan fingerprint density at radius 1 is 1.44 bits per heavy atom. The fourth-order valence-corrected chi connectivity index (χ4v) is 2.14. The molecule has 1 aliphatic heterocycles. The van der Waals surface area contributed by atoms with Gasteiger partial charge in [-0.2, -0.15) is 0 Å². The number of rotatable bonds is 2. The van der Waals surface area contributed by atoms with Gasteiger partial charge in [0.1, 0.15) is 0 Å². The lowest BCUT2D eigenvalue weighted by Crippen LogP contribution is -2.20. The van der Waals surface area contributed by atoms with Crippen molar-refractivity contribution in [2.24, 2.45) is 0 Å². The second kappa shape index (κ2) is 5.90. The number of aldehydes is 1. The quantitative estimate of drug-likeness (QED) is 0.782. The molecule has 18 heavy (non-hydrogen) atoms. The molecule has 0 spiro atoms. The third-order valence-corrected chi connectivity index (χ3v) is 3.33. The molecule has 1 aliphatic rings. The summed E-state index contributed by atoms with van der Waals surface area (Å²) in [5.74, 6) is -0.152. The minimum absolute atomic E-state index is 0.375. The topological polar surface area (TPSA) is 61.6 Å². The first-order valence-corrected chi connectivity index (χ1v) is 6.28. The smallest absolute Gasteiger partial charge is 0.203 e. The first kappa shape index (κ1) is 12.9. The predicted octanol–water partition coefficient (Wildman–Crippen LogP) is 2.45. The summed E-state index contributed by atoms with van der Waals surface area (Å²) in [5, 5.41) is 0. The van der Waals surface area contributed by atoms with E-state index in [1.165, 1.54) is 6.26 Å². The van der Waals surface area contributed by atoms with Gasteiger partial charge < -0.3 is 13.9 Å². The molecule has 0 bridgehead atoms. The Bertz CT molecular complexity index is 460. The zero-order valence-electron chi connectivity index (χ0n) is 9.87. The number of ether oxygens (including phenoxy) is 2. The van der Waals surface area contributed by atoms with Gasteiger partial charge in [0, 0.05) is 6.20 Å². The SMILES string of the molecule is CC1(c2cncs2)OCCO1.O=Cc1ccco1. The van der Waals surface area contributed by atoms with E-state index in [0.717, 1.165) is 4.88 Å². The fourth-order valence-electron chi connectivity index (χ4n) is 1.46. The van der Waals surface area contributed by atoms with Crippen molar-refractivity contribution in [2.45, 2.75) is 12.7 Å². The van der Waals surface area contributed by atoms with Crippen LogP contribution in [0.25, 0.3) is 0 Å². The number of thiazole rings is 1. The van der Waals surface area contributed by atoms with Gasteiger partial charge in [-0.15, -0.1) is 11.3 Å². The minimum atomic E-state index is -0.527. The van der Waals surface area contributed by atoms with Crippen LogP contribution in [0, 0.1) is 0 Å². The third-order valence-electron chi connectivity index (χ3n) is 2.38. The Hall–Kier alpha value is -1.50. The van der Waals surface area contributed by atoms with E-state index in [2.05, 4.69) is 9.40 Å². The zero-order chi connectivity index (χ0) is 12.8. The molecule has 0 N–H and O–H groups in total. The standard InChI is InChI=1S/C7H9NO2S.C5H4O2/c1-7(9-2-3-10-7)6-4-8-5-11-6;6-4-5-2-1-3-7-5/h4-5H,2-3H2,1H3;1-4H. The van der Waals surface area contributed by atoms with Gasteiger partial charge in [-0.05, 0) is 19.1 Å². The molecule has 1 saturated heterocycles. The molecule has 3 heterocycles. The van der Waals surface area contributed by atoms with Gasteiger partial charge >= 0.3 is 0 Å². The lowest BCUT2D eigenvalue weighted by molar-refractivity contribution is -0.147. The molecule has 6 heteroatoms. The van der Waals surface area contributed by atoms with E-state index in [4.69, 9.17) is 9.47 Å². The normalized spacial score (nSPS) is 16.9. The van der Waals surface area contributed by atoms with Crippen molar-refractivity contribution in [3.8, 4) is 0 Å². The van der Waals surface area contributed by atoms with Gasteiger partial charge in [0.15, 0.2) is 12.0 Å². The van der Waals surface area contributed by atoms with Crippen LogP contribution >= 0.6 is 11.3 Å². The van der Waals surface area contributed by atoms with E-state index in [1.807, 2.05) is 6.92 Å². The molecule has 0 radical (unpaired) electrons. The van der Waals surface area contributed by atoms with Crippen molar-refractivity contribution >= 4 is 17.6 Å². The molecule has 96 valence electrons. The second-order valence-electron chi connectivity index (χ2n) is 3.64. The molecule has 2 aromatic rings. The summed E-state index contributed by atoms with van der Waals surface area (Å²) in [6.07, 6.45) is 3.92. The first-order chi connectivity index (χ1) is 8.74. The highest BCUT2D eigenvalue weighted by atomic mass is 32.1. The maximum Gasteiger partial charge on any atom is 0.203 e. The van der Waals surface area contributed by atoms with Crippen LogP contribution in [0.3, 0.4) is 0 Å². The van der Waals surface area contributed by atoms with Crippen molar-refractivity contribution < 1.29 is 18.7 Å². The van der Waals surface area contributed by atoms with Gasteiger partial charge in [-0.3, -0.25) is 9.78 Å². The maximum absolute atomic E-state index is 9.77. The van der Waals surface area contributed by atoms with E-state index < -0.39 is 5.79 Å². The molecular formula is C12H13NO4S. The van der Waals surface area contributed by atoms with Crippen LogP contribution in [-0.2, 0) is 15.3 Å². The van der Waals surface area contributed by atoms with Crippen molar-refractivity contribution in [2.75, 3.05) is 13.2 Å². The van der Waals surface area contributed by atoms with Crippen LogP contribution in [-0.4, -0.2) is 24.5 Å². The molecule has 5 nitrogen and oxygen atoms in total. The van der Waals surface area contributed by atoms with E-state index in [1.54, 1.807) is 35.2 Å². The number of aromatic nitrogens is 1. The monoisotopic (exact) mass is 267 g/mol. The van der Waals surface area contributed by atoms with Gasteiger partial charge in [-0.1, -0.05) is 0 Å². The van der Waals surface area contributed by atoms with E-state index in [0.29, 0.717) is 25.3 Å². The van der Waals surface area contributed by atoms with Crippen LogP contribution in [0.4, 0.5) is 0 Å². The van der Waals surface area contributed by atoms with Crippen molar-refractivity contribution in [1.82, 2.24) is 4.98 Å². The average Bonchev–Trinajstić information content (AvgIpc) is 3.13. The molecule has 0 aromatic carbocycles. The Kier molecular flexibility index (Phi) is 4.24. The molecule has 1 fully saturated rings. The van der Waals surface area contributed by atoms with Crippen molar-refractivity contribution in [1.29, 1.82) is 0 Å². The van der Waals surface area contributed by atoms with Crippen LogP contribution in [0.1, 0.15) is 22.4 Å². The summed E-state index contributed by atoms with van der Waals surface area (Å²) < 4.78 is 15.5. The molecule has 3 rings (SSSR count). The summed E-state index contributed by atoms with van der Waals surface area (Å²) >= 11 is 1.56. The zero-order valence-corrected chi connectivity index (χ0v) is 10.7. The Balaban J connectivity index is 0.000000149. The molecule has 2 aromatic heterocycles. The predicted molar refractivity (Wildman–Crippen MR) is 65.5 cm³/mol. The summed E-state index contributed by atoms with van der Waals surface area (Å²) in [5.41, 5.74) is 1.78. The molecule has 0 saturated carbocycles. The molecule has 0 atom stereocenters. The average molecular weight is 267 g/mol. The molecule has 0 aliphatic carbocycles. The van der Waals surface area contributed by atoms with Crippen LogP contribution in [0.5, 0.6) is 0 Å². The maximum atomic E-state index is 9.77. The summed E-state index contributed by atoms with van der Waals surface area (Å²) in [6, 6.07) is 3.27. The highest BCUT2D eigenvalue weighted by Crippen LogP contribution is 2.32. The number of hydrogen-bond acceptors (Lipinski definition) is 6. The van der Waals surface area contributed by atoms with E-state index >= 15 is 0 Å². The largest absolute Gasteiger partial charge is 0.462 e. The Morgan fingerprint density at radius 2 is 2.22 bits per heavy atom. The summed E-state index contributed by atoms with van der Waals surface area (Å²) in [4.78, 5) is 14.8. The lowest BCUT2D eigenvalue weighted by Gasteiger charge is -2.19. The molecular weight excluding hydrogens is 254 g/mol. The molecule has 0 amide bonds. The van der Waals surface area contributed by atoms with Crippen LogP contribution < -0.4 is 0 Å². The number of hydrogen-bond donors (Lipinski definition) is 0. The minimum Gasteiger partial charge on any atom is -0.462 e. The Morgan fingerprint density at radius 3 is 2.67 bits per heavy atom. The van der Waals surface area contributed by atoms with Crippen LogP contribution in [0.2, 0.25) is 0 Å². The first-order valence-electron chi connectivity index (χ1n) is 5.40. The fraction of sp³-hybridized carbons (Fsp3) is 0.333. The van der Waals surface area contributed by atoms with E-state index in [9.17, 15) is 4.79 Å². The number of carbonyl (C=O) groups excluding carboxylic acids is 1. The number of carbonyl (C=O) groups is 1. The summed E-state index contributed by atoms with van der Waals surface area (Å²) in [7, 11) is 0. The number of nitrogens with zero attached hydrogens (tertiary/aromatic N) is 1. The van der Waals surface area contributed by atoms with Gasteiger partial charge in [0.25, 0.3) is 0 Å². The second-order valence-corrected chi connectivity index (χ2v) is 4.53. The van der Waals surface area contributed by atoms with Crippen LogP contribution in [0.15, 0.2) is 34.5 Å². The highest BCUT2D eigenvalue weighted by molar-refractivity contribution is 7.09.